The molecule has 0 fully saturated rings. The zero-order chi connectivity index (χ0) is 20.4. The molecule has 4 aromatic rings. The third kappa shape index (κ3) is 4.28. The van der Waals surface area contributed by atoms with Crippen molar-refractivity contribution in [2.24, 2.45) is 5.73 Å². The van der Waals surface area contributed by atoms with E-state index in [-0.39, 0.29) is 5.69 Å². The minimum Gasteiger partial charge on any atom is -0.364 e. The van der Waals surface area contributed by atoms with E-state index in [2.05, 4.69) is 15.1 Å². The van der Waals surface area contributed by atoms with Crippen molar-refractivity contribution < 1.29 is 9.18 Å². The first-order chi connectivity index (χ1) is 14.0. The molecular formula is C20H13ClFN5OS. The maximum absolute atomic E-state index is 13.6. The third-order valence-electron chi connectivity index (χ3n) is 3.97. The van der Waals surface area contributed by atoms with Gasteiger partial charge in [-0.2, -0.15) is 5.10 Å². The number of halogens is 2. The van der Waals surface area contributed by atoms with Crippen molar-refractivity contribution in [1.29, 1.82) is 0 Å². The summed E-state index contributed by atoms with van der Waals surface area (Å²) in [6.45, 7) is 0. The number of pyridine rings is 2. The summed E-state index contributed by atoms with van der Waals surface area (Å²) in [6.07, 6.45) is 5.96. The first-order valence-electron chi connectivity index (χ1n) is 8.40. The lowest BCUT2D eigenvalue weighted by Gasteiger charge is -2.03. The maximum Gasteiger partial charge on any atom is 0.267 e. The average Bonchev–Trinajstić information content (AvgIpc) is 3.13. The Kier molecular flexibility index (Phi) is 5.28. The van der Waals surface area contributed by atoms with Crippen LogP contribution in [0, 0.1) is 5.82 Å². The smallest absolute Gasteiger partial charge is 0.267 e. The summed E-state index contributed by atoms with van der Waals surface area (Å²) in [5, 5.41) is 5.23. The summed E-state index contributed by atoms with van der Waals surface area (Å²) in [7, 11) is 0. The molecule has 0 bridgehead atoms. The Balaban J connectivity index is 1.78. The lowest BCUT2D eigenvalue weighted by Crippen LogP contribution is -2.12. The van der Waals surface area contributed by atoms with Crippen LogP contribution in [0.15, 0.2) is 77.0 Å². The predicted molar refractivity (Wildman–Crippen MR) is 109 cm³/mol. The quantitative estimate of drug-likeness (QED) is 0.513. The fourth-order valence-electron chi connectivity index (χ4n) is 2.60. The highest BCUT2D eigenvalue weighted by atomic mass is 35.5. The van der Waals surface area contributed by atoms with Gasteiger partial charge in [-0.15, -0.1) is 0 Å². The van der Waals surface area contributed by atoms with Gasteiger partial charge in [-0.25, -0.2) is 9.07 Å². The summed E-state index contributed by atoms with van der Waals surface area (Å²) >= 11 is 7.44. The van der Waals surface area contributed by atoms with Crippen LogP contribution in [-0.4, -0.2) is 25.7 Å². The molecule has 3 heterocycles. The third-order valence-corrected chi connectivity index (χ3v) is 5.24. The van der Waals surface area contributed by atoms with E-state index in [1.165, 1.54) is 36.3 Å². The van der Waals surface area contributed by atoms with Gasteiger partial charge in [0.15, 0.2) is 0 Å². The van der Waals surface area contributed by atoms with E-state index >= 15 is 0 Å². The maximum atomic E-state index is 13.6. The lowest BCUT2D eigenvalue weighted by atomic mass is 10.2. The van der Waals surface area contributed by atoms with Gasteiger partial charge in [0.1, 0.15) is 17.2 Å². The highest BCUT2D eigenvalue weighted by molar-refractivity contribution is 7.99. The SMILES string of the molecule is NC(=O)c1ccc(-c2nn(-c3cncc(F)c3)cc2Sc2ccc(Cl)cc2)cn1. The van der Waals surface area contributed by atoms with Crippen LogP contribution in [0.3, 0.4) is 0 Å². The fraction of sp³-hybridized carbons (Fsp3) is 0. The van der Waals surface area contributed by atoms with Gasteiger partial charge in [-0.05, 0) is 36.4 Å². The minimum absolute atomic E-state index is 0.161. The number of primary amides is 1. The van der Waals surface area contributed by atoms with Crippen LogP contribution in [-0.2, 0) is 0 Å². The highest BCUT2D eigenvalue weighted by Gasteiger charge is 2.15. The Bertz CT molecular complexity index is 1180. The summed E-state index contributed by atoms with van der Waals surface area (Å²) < 4.78 is 15.2. The van der Waals surface area contributed by atoms with Crippen molar-refractivity contribution in [2.75, 3.05) is 0 Å². The molecule has 29 heavy (non-hydrogen) atoms. The minimum atomic E-state index is -0.608. The number of hydrogen-bond donors (Lipinski definition) is 1. The van der Waals surface area contributed by atoms with Crippen molar-refractivity contribution in [3.63, 3.8) is 0 Å². The first kappa shape index (κ1) is 19.1. The van der Waals surface area contributed by atoms with Gasteiger partial charge in [0, 0.05) is 33.9 Å². The second kappa shape index (κ2) is 8.02. The van der Waals surface area contributed by atoms with Crippen molar-refractivity contribution >= 4 is 29.3 Å². The van der Waals surface area contributed by atoms with Crippen LogP contribution in [0.2, 0.25) is 5.02 Å². The van der Waals surface area contributed by atoms with Gasteiger partial charge in [0.25, 0.3) is 5.91 Å². The highest BCUT2D eigenvalue weighted by Crippen LogP contribution is 2.36. The van der Waals surface area contributed by atoms with E-state index in [0.29, 0.717) is 22.0 Å². The number of aromatic nitrogens is 4. The molecule has 9 heteroatoms. The molecule has 2 N–H and O–H groups in total. The van der Waals surface area contributed by atoms with Gasteiger partial charge in [0.05, 0.1) is 23.0 Å². The molecule has 0 unspecified atom stereocenters. The Morgan fingerprint density at radius 1 is 1.10 bits per heavy atom. The molecule has 0 aliphatic carbocycles. The predicted octanol–water partition coefficient (Wildman–Crippen LogP) is 4.37. The Labute approximate surface area is 174 Å². The lowest BCUT2D eigenvalue weighted by molar-refractivity contribution is 0.0995. The van der Waals surface area contributed by atoms with E-state index in [1.807, 2.05) is 12.1 Å². The summed E-state index contributed by atoms with van der Waals surface area (Å²) in [5.74, 6) is -1.07. The average molecular weight is 426 g/mol. The molecule has 3 aromatic heterocycles. The number of carbonyl (C=O) groups excluding carboxylic acids is 1. The van der Waals surface area contributed by atoms with Crippen LogP contribution in [0.5, 0.6) is 0 Å². The number of amides is 1. The summed E-state index contributed by atoms with van der Waals surface area (Å²) in [6, 6.07) is 12.0. The molecule has 0 saturated carbocycles. The number of hydrogen-bond acceptors (Lipinski definition) is 5. The van der Waals surface area contributed by atoms with Crippen LogP contribution in [0.25, 0.3) is 16.9 Å². The van der Waals surface area contributed by atoms with E-state index in [1.54, 1.807) is 29.1 Å². The Hall–Kier alpha value is -3.23. The zero-order valence-electron chi connectivity index (χ0n) is 14.8. The molecule has 144 valence electrons. The van der Waals surface area contributed by atoms with E-state index in [9.17, 15) is 9.18 Å². The Morgan fingerprint density at radius 2 is 1.90 bits per heavy atom. The van der Waals surface area contributed by atoms with Gasteiger partial charge >= 0.3 is 0 Å². The molecule has 1 amide bonds. The molecule has 0 aliphatic heterocycles. The topological polar surface area (TPSA) is 86.7 Å². The fourth-order valence-corrected chi connectivity index (χ4v) is 3.66. The monoisotopic (exact) mass is 425 g/mol. The van der Waals surface area contributed by atoms with Gasteiger partial charge in [-0.3, -0.25) is 14.8 Å². The number of rotatable bonds is 5. The van der Waals surface area contributed by atoms with Gasteiger partial charge in [0.2, 0.25) is 0 Å². The number of nitrogens with zero attached hydrogens (tertiary/aromatic N) is 4. The van der Waals surface area contributed by atoms with Crippen LogP contribution >= 0.6 is 23.4 Å². The van der Waals surface area contributed by atoms with Crippen molar-refractivity contribution in [2.45, 2.75) is 9.79 Å². The van der Waals surface area contributed by atoms with E-state index < -0.39 is 11.7 Å². The van der Waals surface area contributed by atoms with Gasteiger partial charge in [-0.1, -0.05) is 23.4 Å². The normalized spacial score (nSPS) is 10.8. The number of benzene rings is 1. The largest absolute Gasteiger partial charge is 0.364 e. The molecule has 0 aliphatic rings. The standard InChI is InChI=1S/C20H13ClFN5OS/c21-13-2-4-16(5-3-13)29-18-11-27(15-7-14(22)9-24-10-15)26-19(18)12-1-6-17(20(23)28)25-8-12/h1-11H,(H2,23,28). The molecule has 4 rings (SSSR count). The molecule has 0 radical (unpaired) electrons. The first-order valence-corrected chi connectivity index (χ1v) is 9.59. The number of nitrogens with two attached hydrogens (primary N) is 1. The molecule has 0 spiro atoms. The summed E-state index contributed by atoms with van der Waals surface area (Å²) in [5.41, 5.74) is 7.22. The van der Waals surface area contributed by atoms with Crippen LogP contribution < -0.4 is 5.73 Å². The van der Waals surface area contributed by atoms with Gasteiger partial charge < -0.3 is 5.73 Å². The van der Waals surface area contributed by atoms with E-state index in [0.717, 1.165) is 16.0 Å². The molecule has 0 atom stereocenters. The Morgan fingerprint density at radius 3 is 2.55 bits per heavy atom. The van der Waals surface area contributed by atoms with Crippen molar-refractivity contribution in [3.05, 3.63) is 83.8 Å². The van der Waals surface area contributed by atoms with Crippen LogP contribution in [0.1, 0.15) is 10.5 Å². The molecular weight excluding hydrogens is 413 g/mol. The number of carbonyl (C=O) groups is 1. The second-order valence-electron chi connectivity index (χ2n) is 6.00. The molecule has 0 saturated heterocycles. The molecule has 6 nitrogen and oxygen atoms in total. The van der Waals surface area contributed by atoms with E-state index in [4.69, 9.17) is 17.3 Å². The van der Waals surface area contributed by atoms with Crippen molar-refractivity contribution in [1.82, 2.24) is 19.7 Å². The zero-order valence-corrected chi connectivity index (χ0v) is 16.4. The van der Waals surface area contributed by atoms with Crippen molar-refractivity contribution in [3.8, 4) is 16.9 Å². The van der Waals surface area contributed by atoms with Crippen LogP contribution in [0.4, 0.5) is 4.39 Å². The molecule has 1 aromatic carbocycles. The second-order valence-corrected chi connectivity index (χ2v) is 7.55. The summed E-state index contributed by atoms with van der Waals surface area (Å²) in [4.78, 5) is 21.0.